The minimum Gasteiger partial charge on any atom is -0.393 e. The van der Waals surface area contributed by atoms with E-state index in [-0.39, 0.29) is 19.5 Å². The van der Waals surface area contributed by atoms with Gasteiger partial charge in [-0.05, 0) is 0 Å². The molecular formula is C5H13N3O2. The third-order valence-electron chi connectivity index (χ3n) is 1.57. The monoisotopic (exact) mass is 147 g/mol. The maximum atomic E-state index is 8.75. The minimum absolute atomic E-state index is 0.0300. The molecule has 1 aliphatic rings. The van der Waals surface area contributed by atoms with Crippen LogP contribution in [0.2, 0.25) is 0 Å². The van der Waals surface area contributed by atoms with Gasteiger partial charge in [-0.1, -0.05) is 0 Å². The predicted octanol–water partition coefficient (Wildman–Crippen LogP) is -2.34. The Morgan fingerprint density at radius 3 is 2.80 bits per heavy atom. The number of aliphatic hydroxyl groups excluding tert-OH is 2. The van der Waals surface area contributed by atoms with Gasteiger partial charge in [0.15, 0.2) is 0 Å². The third kappa shape index (κ3) is 1.65. The second kappa shape index (κ2) is 3.85. The summed E-state index contributed by atoms with van der Waals surface area (Å²) < 4.78 is 0. The molecule has 1 rings (SSSR count). The van der Waals surface area contributed by atoms with Gasteiger partial charge in [-0.3, -0.25) is 15.5 Å². The molecule has 60 valence electrons. The average Bonchev–Trinajstić information content (AvgIpc) is 2.04. The van der Waals surface area contributed by atoms with E-state index in [1.54, 1.807) is 4.90 Å². The van der Waals surface area contributed by atoms with Crippen molar-refractivity contribution in [2.24, 2.45) is 0 Å². The van der Waals surface area contributed by atoms with E-state index in [0.29, 0.717) is 13.3 Å². The van der Waals surface area contributed by atoms with Crippen molar-refractivity contribution in [2.75, 3.05) is 26.7 Å². The molecule has 1 aliphatic heterocycles. The first-order valence-electron chi connectivity index (χ1n) is 3.28. The van der Waals surface area contributed by atoms with Gasteiger partial charge in [-0.25, -0.2) is 0 Å². The fourth-order valence-corrected chi connectivity index (χ4v) is 0.957. The second-order valence-corrected chi connectivity index (χ2v) is 2.22. The van der Waals surface area contributed by atoms with E-state index in [4.69, 9.17) is 10.2 Å². The molecule has 1 atom stereocenters. The van der Waals surface area contributed by atoms with Crippen LogP contribution in [0.5, 0.6) is 0 Å². The largest absolute Gasteiger partial charge is 0.393 e. The molecule has 0 aliphatic carbocycles. The van der Waals surface area contributed by atoms with Crippen molar-refractivity contribution < 1.29 is 10.2 Å². The highest BCUT2D eigenvalue weighted by Gasteiger charge is 2.18. The summed E-state index contributed by atoms with van der Waals surface area (Å²) in [4.78, 5) is 1.70. The van der Waals surface area contributed by atoms with Gasteiger partial charge in [-0.2, -0.15) is 0 Å². The Labute approximate surface area is 59.6 Å². The lowest BCUT2D eigenvalue weighted by Crippen LogP contribution is -2.59. The molecule has 0 bridgehead atoms. The van der Waals surface area contributed by atoms with E-state index in [9.17, 15) is 0 Å². The zero-order chi connectivity index (χ0) is 7.40. The molecule has 0 amide bonds. The van der Waals surface area contributed by atoms with Crippen LogP contribution in [0, 0.1) is 0 Å². The normalized spacial score (nSPS) is 28.8. The third-order valence-corrected chi connectivity index (χ3v) is 1.57. The number of hydrogen-bond donors (Lipinski definition) is 4. The molecule has 0 spiro atoms. The van der Waals surface area contributed by atoms with E-state index in [2.05, 4.69) is 10.6 Å². The number of hydrogen-bond acceptors (Lipinski definition) is 5. The van der Waals surface area contributed by atoms with Crippen molar-refractivity contribution in [1.82, 2.24) is 15.5 Å². The van der Waals surface area contributed by atoms with Crippen molar-refractivity contribution in [1.29, 1.82) is 0 Å². The summed E-state index contributed by atoms with van der Waals surface area (Å²) in [5.41, 5.74) is 0. The van der Waals surface area contributed by atoms with Crippen LogP contribution in [0.1, 0.15) is 0 Å². The first-order chi connectivity index (χ1) is 4.88. The summed E-state index contributed by atoms with van der Waals surface area (Å²) in [5, 5.41) is 23.4. The van der Waals surface area contributed by atoms with Crippen LogP contribution in [0.4, 0.5) is 0 Å². The molecule has 1 unspecified atom stereocenters. The van der Waals surface area contributed by atoms with Crippen LogP contribution < -0.4 is 10.6 Å². The van der Waals surface area contributed by atoms with Crippen LogP contribution >= 0.6 is 0 Å². The van der Waals surface area contributed by atoms with Crippen LogP contribution in [0.3, 0.4) is 0 Å². The topological polar surface area (TPSA) is 67.8 Å². The van der Waals surface area contributed by atoms with E-state index < -0.39 is 0 Å². The lowest BCUT2D eigenvalue weighted by Gasteiger charge is -2.33. The van der Waals surface area contributed by atoms with Crippen molar-refractivity contribution in [2.45, 2.75) is 6.17 Å². The first-order valence-corrected chi connectivity index (χ1v) is 3.28. The van der Waals surface area contributed by atoms with Gasteiger partial charge in [0.2, 0.25) is 0 Å². The van der Waals surface area contributed by atoms with Crippen molar-refractivity contribution in [3.63, 3.8) is 0 Å². The summed E-state index contributed by atoms with van der Waals surface area (Å²) in [7, 11) is 0. The Hall–Kier alpha value is -0.200. The van der Waals surface area contributed by atoms with Gasteiger partial charge in [0.1, 0.15) is 0 Å². The molecule has 0 radical (unpaired) electrons. The highest BCUT2D eigenvalue weighted by Crippen LogP contribution is 1.94. The average molecular weight is 147 g/mol. The molecule has 1 fully saturated rings. The van der Waals surface area contributed by atoms with E-state index in [1.807, 2.05) is 0 Å². The maximum Gasteiger partial charge on any atom is 0.0979 e. The molecule has 5 nitrogen and oxygen atoms in total. The molecule has 0 aromatic heterocycles. The van der Waals surface area contributed by atoms with Gasteiger partial charge in [0, 0.05) is 6.67 Å². The van der Waals surface area contributed by atoms with Crippen LogP contribution in [-0.4, -0.2) is 48.0 Å². The van der Waals surface area contributed by atoms with Gasteiger partial charge in [-0.15, -0.1) is 0 Å². The van der Waals surface area contributed by atoms with Crippen LogP contribution in [0.25, 0.3) is 0 Å². The maximum absolute atomic E-state index is 8.75. The summed E-state index contributed by atoms with van der Waals surface area (Å²) in [6.07, 6.45) is -0.105. The smallest absolute Gasteiger partial charge is 0.0979 e. The highest BCUT2D eigenvalue weighted by molar-refractivity contribution is 4.69. The molecule has 0 aromatic carbocycles. The van der Waals surface area contributed by atoms with Gasteiger partial charge in [0.25, 0.3) is 0 Å². The van der Waals surface area contributed by atoms with Crippen LogP contribution in [0.15, 0.2) is 0 Å². The number of aliphatic hydroxyl groups is 2. The van der Waals surface area contributed by atoms with Gasteiger partial charge < -0.3 is 10.2 Å². The van der Waals surface area contributed by atoms with Crippen molar-refractivity contribution in [3.05, 3.63) is 0 Å². The SMILES string of the molecule is OCC1NCNCN1CO. The summed E-state index contributed by atoms with van der Waals surface area (Å²) in [6, 6.07) is 0. The van der Waals surface area contributed by atoms with Crippen LogP contribution in [-0.2, 0) is 0 Å². The van der Waals surface area contributed by atoms with E-state index >= 15 is 0 Å². The Morgan fingerprint density at radius 2 is 2.30 bits per heavy atom. The minimum atomic E-state index is -0.105. The summed E-state index contributed by atoms with van der Waals surface area (Å²) in [6.45, 7) is 1.30. The number of rotatable bonds is 2. The molecule has 1 heterocycles. The fourth-order valence-electron chi connectivity index (χ4n) is 0.957. The second-order valence-electron chi connectivity index (χ2n) is 2.22. The molecule has 0 aromatic rings. The molecule has 0 saturated carbocycles. The van der Waals surface area contributed by atoms with Gasteiger partial charge >= 0.3 is 0 Å². The molecule has 5 heteroatoms. The first kappa shape index (κ1) is 7.90. The fraction of sp³-hybridized carbons (Fsp3) is 1.00. The van der Waals surface area contributed by atoms with Crippen molar-refractivity contribution >= 4 is 0 Å². The molecule has 1 saturated heterocycles. The zero-order valence-electron chi connectivity index (χ0n) is 5.75. The lowest BCUT2D eigenvalue weighted by molar-refractivity contribution is -0.00158. The van der Waals surface area contributed by atoms with Gasteiger partial charge in [0.05, 0.1) is 26.2 Å². The highest BCUT2D eigenvalue weighted by atomic mass is 16.3. The number of nitrogens with one attached hydrogen (secondary N) is 2. The molecule has 4 N–H and O–H groups in total. The summed E-state index contributed by atoms with van der Waals surface area (Å²) in [5.74, 6) is 0. The van der Waals surface area contributed by atoms with Crippen molar-refractivity contribution in [3.8, 4) is 0 Å². The standard InChI is InChI=1S/C5H13N3O2/c9-1-5-7-2-6-3-8(5)4-10/h5-7,9-10H,1-4H2. The van der Waals surface area contributed by atoms with E-state index in [0.717, 1.165) is 0 Å². The van der Waals surface area contributed by atoms with E-state index in [1.165, 1.54) is 0 Å². The number of nitrogens with zero attached hydrogens (tertiary/aromatic N) is 1. The summed E-state index contributed by atoms with van der Waals surface area (Å²) >= 11 is 0. The Kier molecular flexibility index (Phi) is 3.04. The lowest BCUT2D eigenvalue weighted by atomic mass is 10.4. The molecule has 10 heavy (non-hydrogen) atoms. The Bertz CT molecular complexity index is 88.9. The quantitative estimate of drug-likeness (QED) is 0.352. The molecular weight excluding hydrogens is 134 g/mol. The Morgan fingerprint density at radius 1 is 1.50 bits per heavy atom. The Balaban J connectivity index is 2.34. The predicted molar refractivity (Wildman–Crippen MR) is 35.8 cm³/mol. The zero-order valence-corrected chi connectivity index (χ0v) is 5.75.